The standard InChI is InChI=1S/C6H4Br3NO2/c1-12-6(11)4-2(7)3(8)5(9)10-4/h10H,1H3. The van der Waals surface area contributed by atoms with Crippen LogP contribution in [0.15, 0.2) is 13.5 Å². The van der Waals surface area contributed by atoms with Crippen LogP contribution < -0.4 is 0 Å². The van der Waals surface area contributed by atoms with E-state index < -0.39 is 5.97 Å². The average molecular weight is 362 g/mol. The van der Waals surface area contributed by atoms with E-state index in [4.69, 9.17) is 0 Å². The van der Waals surface area contributed by atoms with Crippen molar-refractivity contribution in [3.8, 4) is 0 Å². The van der Waals surface area contributed by atoms with Crippen LogP contribution in [0.3, 0.4) is 0 Å². The first-order valence-corrected chi connectivity index (χ1v) is 5.26. The van der Waals surface area contributed by atoms with Crippen LogP contribution in [0.5, 0.6) is 0 Å². The number of nitrogens with one attached hydrogen (secondary N) is 1. The first kappa shape index (κ1) is 10.3. The molecule has 0 atom stereocenters. The number of carbonyl (C=O) groups excluding carboxylic acids is 1. The minimum absolute atomic E-state index is 0.385. The van der Waals surface area contributed by atoms with Crippen molar-refractivity contribution in [2.24, 2.45) is 0 Å². The van der Waals surface area contributed by atoms with E-state index in [9.17, 15) is 4.79 Å². The van der Waals surface area contributed by atoms with Crippen LogP contribution in [0.1, 0.15) is 10.5 Å². The second kappa shape index (κ2) is 3.93. The maximum absolute atomic E-state index is 11.1. The van der Waals surface area contributed by atoms with Crippen molar-refractivity contribution < 1.29 is 9.53 Å². The Morgan fingerprint density at radius 2 is 1.92 bits per heavy atom. The Bertz CT molecular complexity index is 321. The number of methoxy groups -OCH3 is 1. The van der Waals surface area contributed by atoms with Gasteiger partial charge >= 0.3 is 5.97 Å². The predicted molar refractivity (Wildman–Crippen MR) is 55.2 cm³/mol. The molecular weight excluding hydrogens is 358 g/mol. The van der Waals surface area contributed by atoms with E-state index >= 15 is 0 Å². The van der Waals surface area contributed by atoms with Gasteiger partial charge in [-0.15, -0.1) is 0 Å². The maximum atomic E-state index is 11.1. The Morgan fingerprint density at radius 1 is 1.33 bits per heavy atom. The smallest absolute Gasteiger partial charge is 0.355 e. The van der Waals surface area contributed by atoms with Crippen LogP contribution in [0.4, 0.5) is 0 Å². The van der Waals surface area contributed by atoms with Gasteiger partial charge in [-0.3, -0.25) is 0 Å². The highest BCUT2D eigenvalue weighted by Gasteiger charge is 2.17. The number of H-pyrrole nitrogens is 1. The van der Waals surface area contributed by atoms with Gasteiger partial charge < -0.3 is 9.72 Å². The second-order valence-corrected chi connectivity index (χ2v) is 4.31. The number of carbonyl (C=O) groups is 1. The van der Waals surface area contributed by atoms with Crippen molar-refractivity contribution in [1.29, 1.82) is 0 Å². The summed E-state index contributed by atoms with van der Waals surface area (Å²) in [5, 5.41) is 0. The molecule has 3 nitrogen and oxygen atoms in total. The summed E-state index contributed by atoms with van der Waals surface area (Å²) < 4.78 is 6.67. The second-order valence-electron chi connectivity index (χ2n) is 1.93. The summed E-state index contributed by atoms with van der Waals surface area (Å²) in [6.07, 6.45) is 0. The van der Waals surface area contributed by atoms with Crippen molar-refractivity contribution >= 4 is 53.8 Å². The summed E-state index contributed by atoms with van der Waals surface area (Å²) in [5.74, 6) is -0.409. The van der Waals surface area contributed by atoms with E-state index in [1.54, 1.807) is 0 Å². The van der Waals surface area contributed by atoms with Crippen LogP contribution in [0.25, 0.3) is 0 Å². The summed E-state index contributed by atoms with van der Waals surface area (Å²) in [5.41, 5.74) is 0.385. The summed E-state index contributed by atoms with van der Waals surface area (Å²) in [4.78, 5) is 13.9. The molecule has 0 aliphatic heterocycles. The number of rotatable bonds is 1. The fourth-order valence-corrected chi connectivity index (χ4v) is 2.09. The quantitative estimate of drug-likeness (QED) is 0.781. The average Bonchev–Trinajstić information content (AvgIpc) is 2.32. The molecule has 1 aromatic heterocycles. The molecule has 0 aliphatic rings. The van der Waals surface area contributed by atoms with E-state index in [1.807, 2.05) is 0 Å². The van der Waals surface area contributed by atoms with E-state index in [1.165, 1.54) is 7.11 Å². The van der Waals surface area contributed by atoms with E-state index in [2.05, 4.69) is 57.5 Å². The normalized spacial score (nSPS) is 10.0. The number of hydrogen-bond donors (Lipinski definition) is 1. The van der Waals surface area contributed by atoms with Gasteiger partial charge in [0.05, 0.1) is 20.7 Å². The largest absolute Gasteiger partial charge is 0.464 e. The van der Waals surface area contributed by atoms with Crippen LogP contribution >= 0.6 is 47.8 Å². The number of aromatic amines is 1. The van der Waals surface area contributed by atoms with Gasteiger partial charge in [-0.25, -0.2) is 4.79 Å². The lowest BCUT2D eigenvalue weighted by Crippen LogP contribution is -2.01. The molecule has 0 unspecified atom stereocenters. The molecule has 1 aromatic rings. The highest BCUT2D eigenvalue weighted by atomic mass is 79.9. The van der Waals surface area contributed by atoms with Gasteiger partial charge in [0.25, 0.3) is 0 Å². The third-order valence-electron chi connectivity index (χ3n) is 1.23. The van der Waals surface area contributed by atoms with Crippen molar-refractivity contribution in [2.45, 2.75) is 0 Å². The van der Waals surface area contributed by atoms with Gasteiger partial charge in [0.2, 0.25) is 0 Å². The van der Waals surface area contributed by atoms with Gasteiger partial charge in [-0.2, -0.15) is 0 Å². The fraction of sp³-hybridized carbons (Fsp3) is 0.167. The van der Waals surface area contributed by atoms with E-state index in [-0.39, 0.29) is 0 Å². The van der Waals surface area contributed by atoms with Crippen LogP contribution in [-0.4, -0.2) is 18.1 Å². The monoisotopic (exact) mass is 359 g/mol. The molecular formula is C6H4Br3NO2. The molecule has 0 bridgehead atoms. The van der Waals surface area contributed by atoms with Crippen molar-refractivity contribution in [1.82, 2.24) is 4.98 Å². The number of aromatic nitrogens is 1. The number of esters is 1. The van der Waals surface area contributed by atoms with E-state index in [0.717, 1.165) is 4.47 Å². The molecule has 0 aromatic carbocycles. The first-order valence-electron chi connectivity index (χ1n) is 2.88. The SMILES string of the molecule is COC(=O)c1[nH]c(Br)c(Br)c1Br. The zero-order valence-electron chi connectivity index (χ0n) is 5.95. The Kier molecular flexibility index (Phi) is 3.37. The highest BCUT2D eigenvalue weighted by Crippen LogP contribution is 2.33. The summed E-state index contributed by atoms with van der Waals surface area (Å²) in [7, 11) is 1.33. The number of ether oxygens (including phenoxy) is 1. The lowest BCUT2D eigenvalue weighted by molar-refractivity contribution is 0.0593. The molecule has 0 radical (unpaired) electrons. The summed E-state index contributed by atoms with van der Waals surface area (Å²) in [6, 6.07) is 0. The summed E-state index contributed by atoms with van der Waals surface area (Å²) in [6.45, 7) is 0. The van der Waals surface area contributed by atoms with E-state index in [0.29, 0.717) is 14.8 Å². The first-order chi connectivity index (χ1) is 5.57. The Morgan fingerprint density at radius 3 is 2.25 bits per heavy atom. The van der Waals surface area contributed by atoms with Crippen molar-refractivity contribution in [2.75, 3.05) is 7.11 Å². The fourth-order valence-electron chi connectivity index (χ4n) is 0.668. The number of halogens is 3. The van der Waals surface area contributed by atoms with Gasteiger partial charge in [-0.05, 0) is 47.8 Å². The van der Waals surface area contributed by atoms with Crippen LogP contribution in [0, 0.1) is 0 Å². The zero-order chi connectivity index (χ0) is 9.30. The molecule has 6 heteroatoms. The zero-order valence-corrected chi connectivity index (χ0v) is 10.7. The Labute approximate surface area is 94.2 Å². The maximum Gasteiger partial charge on any atom is 0.355 e. The lowest BCUT2D eigenvalue weighted by atomic mass is 10.4. The van der Waals surface area contributed by atoms with Gasteiger partial charge in [0, 0.05) is 0 Å². The third kappa shape index (κ3) is 1.75. The lowest BCUT2D eigenvalue weighted by Gasteiger charge is -1.94. The Balaban J connectivity index is 3.17. The van der Waals surface area contributed by atoms with Crippen molar-refractivity contribution in [3.63, 3.8) is 0 Å². The minimum atomic E-state index is -0.409. The molecule has 0 aliphatic carbocycles. The molecule has 0 saturated carbocycles. The topological polar surface area (TPSA) is 42.1 Å². The van der Waals surface area contributed by atoms with Gasteiger partial charge in [0.15, 0.2) is 0 Å². The highest BCUT2D eigenvalue weighted by molar-refractivity contribution is 9.14. The molecule has 0 saturated heterocycles. The van der Waals surface area contributed by atoms with Crippen LogP contribution in [-0.2, 0) is 4.74 Å². The molecule has 66 valence electrons. The number of hydrogen-bond acceptors (Lipinski definition) is 2. The molecule has 0 amide bonds. The molecule has 1 N–H and O–H groups in total. The van der Waals surface area contributed by atoms with Gasteiger partial charge in [-0.1, -0.05) is 0 Å². The molecule has 0 spiro atoms. The Hall–Kier alpha value is 0.190. The van der Waals surface area contributed by atoms with Crippen LogP contribution in [0.2, 0.25) is 0 Å². The van der Waals surface area contributed by atoms with Gasteiger partial charge in [0.1, 0.15) is 5.69 Å². The molecule has 1 heterocycles. The minimum Gasteiger partial charge on any atom is -0.464 e. The van der Waals surface area contributed by atoms with Crippen molar-refractivity contribution in [3.05, 3.63) is 19.2 Å². The molecule has 12 heavy (non-hydrogen) atoms. The molecule has 0 fully saturated rings. The third-order valence-corrected chi connectivity index (χ3v) is 4.47. The summed E-state index contributed by atoms with van der Waals surface area (Å²) >= 11 is 9.72. The molecule has 1 rings (SSSR count). The predicted octanol–water partition coefficient (Wildman–Crippen LogP) is 3.09.